The number of anilines is 2. The van der Waals surface area contributed by atoms with Crippen molar-refractivity contribution in [1.82, 2.24) is 0 Å². The molecule has 1 aliphatic rings. The fourth-order valence-electron chi connectivity index (χ4n) is 2.51. The number of hydrogen-bond donors (Lipinski definition) is 1. The van der Waals surface area contributed by atoms with Gasteiger partial charge in [-0.2, -0.15) is 0 Å². The van der Waals surface area contributed by atoms with Crippen molar-refractivity contribution in [2.24, 2.45) is 0 Å². The predicted molar refractivity (Wildman–Crippen MR) is 83.9 cm³/mol. The van der Waals surface area contributed by atoms with E-state index in [1.807, 2.05) is 0 Å². The average Bonchev–Trinajstić information content (AvgIpc) is 2.57. The zero-order valence-corrected chi connectivity index (χ0v) is 12.5. The Morgan fingerprint density at radius 2 is 2.00 bits per heavy atom. The number of methoxy groups -OCH3 is 1. The average molecular weight is 314 g/mol. The Balaban J connectivity index is 1.85. The summed E-state index contributed by atoms with van der Waals surface area (Å²) in [6, 6.07) is 11.1. The van der Waals surface area contributed by atoms with Crippen LogP contribution in [-0.2, 0) is 16.1 Å². The minimum absolute atomic E-state index is 0.0962. The highest BCUT2D eigenvalue weighted by Crippen LogP contribution is 2.31. The van der Waals surface area contributed by atoms with Gasteiger partial charge in [0.2, 0.25) is 5.91 Å². The molecule has 2 aromatic carbocycles. The van der Waals surface area contributed by atoms with E-state index in [1.165, 1.54) is 19.2 Å². The number of amides is 1. The maximum Gasteiger partial charge on any atom is 0.337 e. The van der Waals surface area contributed by atoms with Crippen LogP contribution in [0.2, 0.25) is 0 Å². The molecule has 3 rings (SSSR count). The minimum atomic E-state index is -0.407. The van der Waals surface area contributed by atoms with Crippen LogP contribution >= 0.6 is 0 Å². The first kappa shape index (κ1) is 15.0. The standard InChI is InChI=1S/C17H15FN2O3/c1-23-17(22)12-4-2-11(3-5-12)10-20-15-7-6-13(18)8-14(15)19-9-16(20)21/h2-8,19H,9-10H2,1H3. The normalized spacial score (nSPS) is 13.3. The van der Waals surface area contributed by atoms with E-state index in [0.717, 1.165) is 5.56 Å². The highest BCUT2D eigenvalue weighted by atomic mass is 19.1. The lowest BCUT2D eigenvalue weighted by molar-refractivity contribution is -0.117. The van der Waals surface area contributed by atoms with Gasteiger partial charge in [-0.25, -0.2) is 9.18 Å². The van der Waals surface area contributed by atoms with Gasteiger partial charge in [0.25, 0.3) is 0 Å². The molecule has 1 heterocycles. The first-order valence-corrected chi connectivity index (χ1v) is 7.09. The number of ether oxygens (including phenoxy) is 1. The number of benzene rings is 2. The first-order chi connectivity index (χ1) is 11.1. The summed E-state index contributed by atoms with van der Waals surface area (Å²) >= 11 is 0. The number of rotatable bonds is 3. The fourth-order valence-corrected chi connectivity index (χ4v) is 2.51. The Hall–Kier alpha value is -2.89. The second-order valence-corrected chi connectivity index (χ2v) is 5.18. The molecule has 0 bridgehead atoms. The highest BCUT2D eigenvalue weighted by molar-refractivity contribution is 6.02. The smallest absolute Gasteiger partial charge is 0.337 e. The zero-order chi connectivity index (χ0) is 16.4. The second kappa shape index (κ2) is 6.08. The van der Waals surface area contributed by atoms with Crippen molar-refractivity contribution in [3.05, 3.63) is 59.4 Å². The van der Waals surface area contributed by atoms with Gasteiger partial charge in [0, 0.05) is 0 Å². The van der Waals surface area contributed by atoms with Crippen LogP contribution in [0.5, 0.6) is 0 Å². The molecule has 0 fully saturated rings. The van der Waals surface area contributed by atoms with Crippen LogP contribution in [0, 0.1) is 5.82 Å². The molecule has 1 N–H and O–H groups in total. The summed E-state index contributed by atoms with van der Waals surface area (Å²) in [6.45, 7) is 0.470. The van der Waals surface area contributed by atoms with E-state index in [2.05, 4.69) is 10.1 Å². The van der Waals surface area contributed by atoms with Gasteiger partial charge >= 0.3 is 5.97 Å². The summed E-state index contributed by atoms with van der Waals surface area (Å²) < 4.78 is 18.0. The van der Waals surface area contributed by atoms with Gasteiger partial charge in [-0.3, -0.25) is 4.79 Å². The van der Waals surface area contributed by atoms with Gasteiger partial charge in [0.1, 0.15) is 5.82 Å². The van der Waals surface area contributed by atoms with E-state index in [9.17, 15) is 14.0 Å². The number of carbonyl (C=O) groups excluding carboxylic acids is 2. The summed E-state index contributed by atoms with van der Waals surface area (Å²) in [4.78, 5) is 25.2. The monoisotopic (exact) mass is 314 g/mol. The lowest BCUT2D eigenvalue weighted by atomic mass is 10.1. The van der Waals surface area contributed by atoms with Gasteiger partial charge < -0.3 is 15.0 Å². The lowest BCUT2D eigenvalue weighted by Crippen LogP contribution is -2.39. The van der Waals surface area contributed by atoms with Crippen molar-refractivity contribution in [3.8, 4) is 0 Å². The van der Waals surface area contributed by atoms with E-state index in [-0.39, 0.29) is 18.3 Å². The second-order valence-electron chi connectivity index (χ2n) is 5.18. The topological polar surface area (TPSA) is 58.6 Å². The molecule has 0 aliphatic carbocycles. The molecule has 2 aromatic rings. The predicted octanol–water partition coefficient (Wildman–Crippen LogP) is 2.57. The molecule has 0 saturated heterocycles. The van der Waals surface area contributed by atoms with E-state index in [1.54, 1.807) is 35.2 Å². The van der Waals surface area contributed by atoms with Gasteiger partial charge in [0.05, 0.1) is 37.1 Å². The molecule has 0 radical (unpaired) electrons. The van der Waals surface area contributed by atoms with Gasteiger partial charge in [-0.05, 0) is 35.9 Å². The Bertz CT molecular complexity index is 759. The number of esters is 1. The Labute approximate surface area is 132 Å². The molecular formula is C17H15FN2O3. The van der Waals surface area contributed by atoms with Crippen LogP contribution in [0.1, 0.15) is 15.9 Å². The van der Waals surface area contributed by atoms with Crippen molar-refractivity contribution in [2.75, 3.05) is 23.9 Å². The largest absolute Gasteiger partial charge is 0.465 e. The zero-order valence-electron chi connectivity index (χ0n) is 12.5. The van der Waals surface area contributed by atoms with E-state index in [0.29, 0.717) is 23.5 Å². The van der Waals surface area contributed by atoms with Crippen molar-refractivity contribution in [2.45, 2.75) is 6.54 Å². The Kier molecular flexibility index (Phi) is 3.97. The van der Waals surface area contributed by atoms with Crippen LogP contribution in [0.25, 0.3) is 0 Å². The van der Waals surface area contributed by atoms with Crippen LogP contribution in [0.4, 0.5) is 15.8 Å². The van der Waals surface area contributed by atoms with E-state index in [4.69, 9.17) is 0 Å². The fraction of sp³-hybridized carbons (Fsp3) is 0.176. The number of nitrogens with one attached hydrogen (secondary N) is 1. The number of hydrogen-bond acceptors (Lipinski definition) is 4. The number of halogens is 1. The number of fused-ring (bicyclic) bond motifs is 1. The van der Waals surface area contributed by atoms with Gasteiger partial charge in [-0.1, -0.05) is 12.1 Å². The summed E-state index contributed by atoms with van der Waals surface area (Å²) in [5.74, 6) is -0.857. The van der Waals surface area contributed by atoms with Crippen molar-refractivity contribution in [1.29, 1.82) is 0 Å². The molecule has 6 heteroatoms. The molecule has 0 saturated carbocycles. The minimum Gasteiger partial charge on any atom is -0.465 e. The quantitative estimate of drug-likeness (QED) is 0.885. The molecule has 1 aliphatic heterocycles. The summed E-state index contributed by atoms with van der Waals surface area (Å²) in [7, 11) is 1.33. The maximum absolute atomic E-state index is 13.3. The lowest BCUT2D eigenvalue weighted by Gasteiger charge is -2.30. The van der Waals surface area contributed by atoms with E-state index >= 15 is 0 Å². The SMILES string of the molecule is COC(=O)c1ccc(CN2C(=O)CNc3cc(F)ccc32)cc1. The summed E-state index contributed by atoms with van der Waals surface area (Å²) in [5.41, 5.74) is 2.55. The molecule has 0 atom stereocenters. The summed E-state index contributed by atoms with van der Waals surface area (Å²) in [6.07, 6.45) is 0. The molecular weight excluding hydrogens is 299 g/mol. The van der Waals surface area contributed by atoms with Gasteiger partial charge in [-0.15, -0.1) is 0 Å². The Morgan fingerprint density at radius 1 is 1.26 bits per heavy atom. The molecule has 0 unspecified atom stereocenters. The van der Waals surface area contributed by atoms with Gasteiger partial charge in [0.15, 0.2) is 0 Å². The molecule has 0 spiro atoms. The number of nitrogens with zero attached hydrogens (tertiary/aromatic N) is 1. The van der Waals surface area contributed by atoms with Crippen LogP contribution < -0.4 is 10.2 Å². The first-order valence-electron chi connectivity index (χ1n) is 7.09. The molecule has 1 amide bonds. The van der Waals surface area contributed by atoms with E-state index < -0.39 is 5.97 Å². The van der Waals surface area contributed by atoms with Crippen LogP contribution in [0.15, 0.2) is 42.5 Å². The third-order valence-electron chi connectivity index (χ3n) is 3.70. The van der Waals surface area contributed by atoms with Crippen LogP contribution in [-0.4, -0.2) is 25.5 Å². The molecule has 23 heavy (non-hydrogen) atoms. The molecule has 0 aromatic heterocycles. The third-order valence-corrected chi connectivity index (χ3v) is 3.70. The molecule has 5 nitrogen and oxygen atoms in total. The van der Waals surface area contributed by atoms with Crippen molar-refractivity contribution in [3.63, 3.8) is 0 Å². The Morgan fingerprint density at radius 3 is 2.70 bits per heavy atom. The third kappa shape index (κ3) is 3.01. The van der Waals surface area contributed by atoms with Crippen molar-refractivity contribution < 1.29 is 18.7 Å². The maximum atomic E-state index is 13.3. The highest BCUT2D eigenvalue weighted by Gasteiger charge is 2.24. The van der Waals surface area contributed by atoms with Crippen LogP contribution in [0.3, 0.4) is 0 Å². The number of carbonyl (C=O) groups is 2. The summed E-state index contributed by atoms with van der Waals surface area (Å²) in [5, 5.41) is 2.91. The molecule has 118 valence electrons. The van der Waals surface area contributed by atoms with Crippen molar-refractivity contribution >= 4 is 23.3 Å².